The van der Waals surface area contributed by atoms with Crippen LogP contribution in [0, 0.1) is 0 Å². The van der Waals surface area contributed by atoms with Gasteiger partial charge in [-0.25, -0.2) is 0 Å². The van der Waals surface area contributed by atoms with Gasteiger partial charge in [0, 0.05) is 0 Å². The minimum atomic E-state index is 1.10. The molecule has 0 heterocycles. The van der Waals surface area contributed by atoms with Gasteiger partial charge in [-0.2, -0.15) is 0 Å². The SMILES string of the molecule is C=C/C=C\C(=C/C)c1ccc(C=C)c(C=C)c1. The smallest absolute Gasteiger partial charge is 0.0181 e. The van der Waals surface area contributed by atoms with Gasteiger partial charge in [-0.15, -0.1) is 0 Å². The maximum absolute atomic E-state index is 3.83. The van der Waals surface area contributed by atoms with Gasteiger partial charge in [-0.3, -0.25) is 0 Å². The fraction of sp³-hybridized carbons (Fsp3) is 0.0588. The molecule has 1 aromatic rings. The number of hydrogen-bond acceptors (Lipinski definition) is 0. The third-order valence-corrected chi connectivity index (χ3v) is 2.58. The average Bonchev–Trinajstić information content (AvgIpc) is 2.39. The first-order valence-corrected chi connectivity index (χ1v) is 5.61. The zero-order valence-electron chi connectivity index (χ0n) is 10.3. The van der Waals surface area contributed by atoms with Crippen LogP contribution in [0.2, 0.25) is 0 Å². The van der Waals surface area contributed by atoms with E-state index >= 15 is 0 Å². The van der Waals surface area contributed by atoms with Crippen molar-refractivity contribution in [2.24, 2.45) is 0 Å². The maximum atomic E-state index is 3.83. The topological polar surface area (TPSA) is 0 Å². The molecule has 0 aromatic heterocycles. The van der Waals surface area contributed by atoms with E-state index in [9.17, 15) is 0 Å². The van der Waals surface area contributed by atoms with Gasteiger partial charge in [-0.05, 0) is 35.3 Å². The Labute approximate surface area is 104 Å². The molecule has 86 valence electrons. The molecule has 0 atom stereocenters. The molecule has 0 saturated heterocycles. The summed E-state index contributed by atoms with van der Waals surface area (Å²) in [5, 5.41) is 0. The Bertz CT molecular complexity index is 485. The minimum absolute atomic E-state index is 1.10. The Morgan fingerprint density at radius 1 is 1.06 bits per heavy atom. The molecule has 0 amide bonds. The summed E-state index contributed by atoms with van der Waals surface area (Å²) in [5.74, 6) is 0. The van der Waals surface area contributed by atoms with Crippen LogP contribution in [0.4, 0.5) is 0 Å². The van der Waals surface area contributed by atoms with Gasteiger partial charge >= 0.3 is 0 Å². The molecule has 0 aliphatic carbocycles. The van der Waals surface area contributed by atoms with Crippen molar-refractivity contribution in [3.8, 4) is 0 Å². The highest BCUT2D eigenvalue weighted by molar-refractivity contribution is 5.77. The molecule has 0 saturated carbocycles. The molecule has 0 unspecified atom stereocenters. The lowest BCUT2D eigenvalue weighted by molar-refractivity contribution is 1.55. The van der Waals surface area contributed by atoms with E-state index in [4.69, 9.17) is 0 Å². The number of benzene rings is 1. The van der Waals surface area contributed by atoms with E-state index in [0.717, 1.165) is 11.1 Å². The van der Waals surface area contributed by atoms with Crippen LogP contribution in [0.3, 0.4) is 0 Å². The molecular weight excluding hydrogens is 204 g/mol. The maximum Gasteiger partial charge on any atom is -0.0181 e. The Kier molecular flexibility index (Phi) is 4.96. The summed E-state index contributed by atoms with van der Waals surface area (Å²) in [6.45, 7) is 13.3. The molecule has 17 heavy (non-hydrogen) atoms. The number of hydrogen-bond donors (Lipinski definition) is 0. The fourth-order valence-electron chi connectivity index (χ4n) is 1.65. The van der Waals surface area contributed by atoms with Crippen molar-refractivity contribution in [1.82, 2.24) is 0 Å². The summed E-state index contributed by atoms with van der Waals surface area (Å²) >= 11 is 0. The molecule has 0 spiro atoms. The second kappa shape index (κ2) is 6.49. The van der Waals surface area contributed by atoms with Gasteiger partial charge in [0.25, 0.3) is 0 Å². The van der Waals surface area contributed by atoms with Crippen LogP contribution in [-0.4, -0.2) is 0 Å². The van der Waals surface area contributed by atoms with Crippen LogP contribution >= 0.6 is 0 Å². The largest absolute Gasteiger partial charge is 0.0991 e. The molecule has 0 heteroatoms. The molecule has 0 radical (unpaired) electrons. The summed E-state index contributed by atoms with van der Waals surface area (Å²) in [5.41, 5.74) is 4.55. The third kappa shape index (κ3) is 3.18. The molecule has 0 aliphatic heterocycles. The Morgan fingerprint density at radius 2 is 1.76 bits per heavy atom. The van der Waals surface area contributed by atoms with E-state index in [-0.39, 0.29) is 0 Å². The normalized spacial score (nSPS) is 11.5. The summed E-state index contributed by atoms with van der Waals surface area (Å²) in [6.07, 6.45) is 11.5. The Morgan fingerprint density at radius 3 is 2.29 bits per heavy atom. The first-order chi connectivity index (χ1) is 8.26. The monoisotopic (exact) mass is 222 g/mol. The van der Waals surface area contributed by atoms with Crippen LogP contribution in [-0.2, 0) is 0 Å². The minimum Gasteiger partial charge on any atom is -0.0991 e. The summed E-state index contributed by atoms with van der Waals surface area (Å²) < 4.78 is 0. The van der Waals surface area contributed by atoms with Crippen molar-refractivity contribution in [3.63, 3.8) is 0 Å². The van der Waals surface area contributed by atoms with Crippen molar-refractivity contribution < 1.29 is 0 Å². The predicted octanol–water partition coefficient (Wildman–Crippen LogP) is 5.12. The lowest BCUT2D eigenvalue weighted by atomic mass is 9.98. The van der Waals surface area contributed by atoms with Crippen LogP contribution in [0.25, 0.3) is 17.7 Å². The van der Waals surface area contributed by atoms with Crippen molar-refractivity contribution >= 4 is 17.7 Å². The van der Waals surface area contributed by atoms with Crippen LogP contribution in [0.5, 0.6) is 0 Å². The first kappa shape index (κ1) is 13.0. The second-order valence-corrected chi connectivity index (χ2v) is 3.59. The highest BCUT2D eigenvalue weighted by atomic mass is 14.0. The standard InChI is InChI=1S/C17H18/c1-5-9-10-14(6-2)17-12-11-15(7-3)16(8-4)13-17/h5-13H,1,3-4H2,2H3/b10-9-,14-6+. The highest BCUT2D eigenvalue weighted by Crippen LogP contribution is 2.21. The van der Waals surface area contributed by atoms with E-state index in [0.29, 0.717) is 0 Å². The lowest BCUT2D eigenvalue weighted by Crippen LogP contribution is -1.86. The predicted molar refractivity (Wildman–Crippen MR) is 79.6 cm³/mol. The molecule has 0 N–H and O–H groups in total. The van der Waals surface area contributed by atoms with Crippen LogP contribution < -0.4 is 0 Å². The average molecular weight is 222 g/mol. The summed E-state index contributed by atoms with van der Waals surface area (Å²) in [7, 11) is 0. The highest BCUT2D eigenvalue weighted by Gasteiger charge is 2.00. The van der Waals surface area contributed by atoms with Gasteiger partial charge in [0.05, 0.1) is 0 Å². The number of rotatable bonds is 5. The van der Waals surface area contributed by atoms with E-state index in [2.05, 4.69) is 44.0 Å². The zero-order chi connectivity index (χ0) is 12.7. The summed E-state index contributed by atoms with van der Waals surface area (Å²) in [4.78, 5) is 0. The van der Waals surface area contributed by atoms with Crippen molar-refractivity contribution in [1.29, 1.82) is 0 Å². The van der Waals surface area contributed by atoms with E-state index in [1.807, 2.05) is 31.2 Å². The second-order valence-electron chi connectivity index (χ2n) is 3.59. The molecular formula is C17H18. The quantitative estimate of drug-likeness (QED) is 0.607. The van der Waals surface area contributed by atoms with Gasteiger partial charge in [0.15, 0.2) is 0 Å². The molecule has 1 rings (SSSR count). The zero-order valence-corrected chi connectivity index (χ0v) is 10.3. The molecule has 0 aliphatic rings. The van der Waals surface area contributed by atoms with Crippen molar-refractivity contribution in [2.45, 2.75) is 6.92 Å². The number of allylic oxidation sites excluding steroid dienone is 5. The third-order valence-electron chi connectivity index (χ3n) is 2.58. The van der Waals surface area contributed by atoms with Crippen LogP contribution in [0.1, 0.15) is 23.6 Å². The molecule has 0 fully saturated rings. The van der Waals surface area contributed by atoms with Gasteiger partial charge in [0.1, 0.15) is 0 Å². The van der Waals surface area contributed by atoms with E-state index in [1.54, 1.807) is 6.08 Å². The molecule has 0 bridgehead atoms. The van der Waals surface area contributed by atoms with Gasteiger partial charge in [0.2, 0.25) is 0 Å². The Balaban J connectivity index is 3.23. The van der Waals surface area contributed by atoms with Crippen LogP contribution in [0.15, 0.2) is 62.2 Å². The van der Waals surface area contributed by atoms with Crippen molar-refractivity contribution in [2.75, 3.05) is 0 Å². The van der Waals surface area contributed by atoms with Crippen molar-refractivity contribution in [3.05, 3.63) is 78.9 Å². The van der Waals surface area contributed by atoms with E-state index in [1.165, 1.54) is 11.1 Å². The summed E-state index contributed by atoms with van der Waals surface area (Å²) in [6, 6.07) is 6.27. The molecule has 0 nitrogen and oxygen atoms in total. The lowest BCUT2D eigenvalue weighted by Gasteiger charge is -2.06. The van der Waals surface area contributed by atoms with Gasteiger partial charge in [-0.1, -0.05) is 68.3 Å². The Hall–Kier alpha value is -2.08. The van der Waals surface area contributed by atoms with E-state index < -0.39 is 0 Å². The molecule has 1 aromatic carbocycles. The first-order valence-electron chi connectivity index (χ1n) is 5.61. The van der Waals surface area contributed by atoms with Gasteiger partial charge < -0.3 is 0 Å². The fourth-order valence-corrected chi connectivity index (χ4v) is 1.65.